The summed E-state index contributed by atoms with van der Waals surface area (Å²) in [7, 11) is 1.58. The molecule has 0 saturated carbocycles. The number of nitrogens with zero attached hydrogens (tertiary/aromatic N) is 1. The molecule has 1 heterocycles. The molecule has 37 heavy (non-hydrogen) atoms. The van der Waals surface area contributed by atoms with E-state index >= 15 is 0 Å². The van der Waals surface area contributed by atoms with Gasteiger partial charge in [0.05, 0.1) is 19.4 Å². The van der Waals surface area contributed by atoms with Crippen LogP contribution in [0.4, 0.5) is 5.13 Å². The Morgan fingerprint density at radius 1 is 1.03 bits per heavy atom. The summed E-state index contributed by atoms with van der Waals surface area (Å²) in [5, 5.41) is 5.93. The van der Waals surface area contributed by atoms with Gasteiger partial charge in [-0.15, -0.1) is 11.3 Å². The zero-order valence-electron chi connectivity index (χ0n) is 20.6. The van der Waals surface area contributed by atoms with Crippen LogP contribution < -0.4 is 19.5 Å². The fourth-order valence-electron chi connectivity index (χ4n) is 3.37. The highest BCUT2D eigenvalue weighted by molar-refractivity contribution is 7.14. The summed E-state index contributed by atoms with van der Waals surface area (Å²) < 4.78 is 17.0. The Hall–Kier alpha value is -3.81. The number of methoxy groups -OCH3 is 1. The Labute approximate surface area is 225 Å². The molecule has 4 aromatic rings. The smallest absolute Gasteiger partial charge is 0.250 e. The number of amides is 1. The molecule has 0 atom stereocenters. The average Bonchev–Trinajstić information content (AvgIpc) is 3.39. The first-order valence-corrected chi connectivity index (χ1v) is 13.0. The number of hydrogen-bond acceptors (Lipinski definition) is 6. The lowest BCUT2D eigenvalue weighted by molar-refractivity contribution is -0.111. The van der Waals surface area contributed by atoms with Crippen LogP contribution in [0.2, 0.25) is 5.02 Å². The van der Waals surface area contributed by atoms with E-state index in [1.54, 1.807) is 13.2 Å². The quantitative estimate of drug-likeness (QED) is 0.202. The normalized spacial score (nSPS) is 10.9. The van der Waals surface area contributed by atoms with Gasteiger partial charge in [-0.25, -0.2) is 4.98 Å². The second kappa shape index (κ2) is 12.9. The van der Waals surface area contributed by atoms with Gasteiger partial charge in [-0.05, 0) is 72.2 Å². The Balaban J connectivity index is 1.33. The average molecular weight is 535 g/mol. The Morgan fingerprint density at radius 2 is 1.81 bits per heavy atom. The van der Waals surface area contributed by atoms with Crippen LogP contribution in [-0.4, -0.2) is 24.6 Å². The molecular weight excluding hydrogens is 508 g/mol. The van der Waals surface area contributed by atoms with Crippen LogP contribution in [0.25, 0.3) is 17.3 Å². The number of benzene rings is 3. The maximum Gasteiger partial charge on any atom is 0.250 e. The predicted molar refractivity (Wildman–Crippen MR) is 150 cm³/mol. The molecule has 0 unspecified atom stereocenters. The number of aromatic nitrogens is 1. The molecule has 3 aromatic carbocycles. The van der Waals surface area contributed by atoms with E-state index in [1.807, 2.05) is 72.1 Å². The summed E-state index contributed by atoms with van der Waals surface area (Å²) in [6.07, 6.45) is 4.14. The standard InChI is InChI=1S/C29H27ClN2O4S/c1-3-16-35-24-12-8-22(9-13-24)25-19-37-29(31-25)32-28(33)15-7-20-6-14-26(27(17-20)34-2)36-18-21-4-10-23(30)11-5-21/h4-15,17,19H,3,16,18H2,1-2H3,(H,31,32,33). The Bertz CT molecular complexity index is 1350. The van der Waals surface area contributed by atoms with E-state index in [1.165, 1.54) is 17.4 Å². The van der Waals surface area contributed by atoms with E-state index in [-0.39, 0.29) is 5.91 Å². The van der Waals surface area contributed by atoms with E-state index in [2.05, 4.69) is 17.2 Å². The summed E-state index contributed by atoms with van der Waals surface area (Å²) in [5.41, 5.74) is 3.55. The van der Waals surface area contributed by atoms with E-state index in [9.17, 15) is 4.79 Å². The monoisotopic (exact) mass is 534 g/mol. The van der Waals surface area contributed by atoms with Crippen LogP contribution in [0, 0.1) is 0 Å². The molecule has 0 saturated heterocycles. The van der Waals surface area contributed by atoms with Gasteiger partial charge in [-0.2, -0.15) is 0 Å². The maximum atomic E-state index is 12.5. The number of hydrogen-bond donors (Lipinski definition) is 1. The summed E-state index contributed by atoms with van der Waals surface area (Å²) in [5.74, 6) is 1.75. The number of halogens is 1. The van der Waals surface area contributed by atoms with Crippen LogP contribution in [-0.2, 0) is 11.4 Å². The number of carbonyl (C=O) groups is 1. The van der Waals surface area contributed by atoms with Gasteiger partial charge in [0, 0.05) is 22.0 Å². The number of anilines is 1. The number of ether oxygens (including phenoxy) is 3. The minimum absolute atomic E-state index is 0.272. The first kappa shape index (κ1) is 26.3. The molecule has 6 nitrogen and oxygen atoms in total. The SMILES string of the molecule is CCCOc1ccc(-c2csc(NC(=O)C=Cc3ccc(OCc4ccc(Cl)cc4)c(OC)c3)n2)cc1. The van der Waals surface area contributed by atoms with E-state index in [4.69, 9.17) is 25.8 Å². The topological polar surface area (TPSA) is 69.7 Å². The van der Waals surface area contributed by atoms with Crippen molar-refractivity contribution in [2.75, 3.05) is 19.0 Å². The van der Waals surface area contributed by atoms with Crippen LogP contribution in [0.1, 0.15) is 24.5 Å². The van der Waals surface area contributed by atoms with Gasteiger partial charge >= 0.3 is 0 Å². The molecule has 0 spiro atoms. The molecule has 0 aliphatic rings. The minimum atomic E-state index is -0.272. The molecule has 0 radical (unpaired) electrons. The Kier molecular flexibility index (Phi) is 9.18. The van der Waals surface area contributed by atoms with Crippen molar-refractivity contribution in [3.63, 3.8) is 0 Å². The lowest BCUT2D eigenvalue weighted by Crippen LogP contribution is -2.07. The molecule has 190 valence electrons. The summed E-state index contributed by atoms with van der Waals surface area (Å²) in [4.78, 5) is 17.0. The van der Waals surface area contributed by atoms with Gasteiger partial charge < -0.3 is 14.2 Å². The third kappa shape index (κ3) is 7.59. The highest BCUT2D eigenvalue weighted by atomic mass is 35.5. The van der Waals surface area contributed by atoms with Crippen molar-refractivity contribution >= 4 is 40.1 Å². The highest BCUT2D eigenvalue weighted by Gasteiger charge is 2.08. The van der Waals surface area contributed by atoms with Crippen LogP contribution in [0.15, 0.2) is 78.2 Å². The molecule has 8 heteroatoms. The van der Waals surface area contributed by atoms with Crippen molar-refractivity contribution in [2.24, 2.45) is 0 Å². The van der Waals surface area contributed by atoms with Crippen molar-refractivity contribution in [3.8, 4) is 28.5 Å². The summed E-state index contributed by atoms with van der Waals surface area (Å²) >= 11 is 7.31. The van der Waals surface area contributed by atoms with E-state index < -0.39 is 0 Å². The lowest BCUT2D eigenvalue weighted by atomic mass is 10.2. The van der Waals surface area contributed by atoms with Gasteiger partial charge in [0.15, 0.2) is 16.6 Å². The molecule has 1 amide bonds. The number of nitrogens with one attached hydrogen (secondary N) is 1. The molecule has 1 N–H and O–H groups in total. The number of carbonyl (C=O) groups excluding carboxylic acids is 1. The molecule has 0 fully saturated rings. The van der Waals surface area contributed by atoms with E-state index in [0.717, 1.165) is 34.6 Å². The van der Waals surface area contributed by atoms with Crippen LogP contribution in [0.5, 0.6) is 17.2 Å². The Morgan fingerprint density at radius 3 is 2.54 bits per heavy atom. The lowest BCUT2D eigenvalue weighted by Gasteiger charge is -2.11. The second-order valence-corrected chi connectivity index (χ2v) is 9.35. The van der Waals surface area contributed by atoms with Crippen molar-refractivity contribution in [1.29, 1.82) is 0 Å². The third-order valence-electron chi connectivity index (χ3n) is 5.28. The highest BCUT2D eigenvalue weighted by Crippen LogP contribution is 2.30. The second-order valence-electron chi connectivity index (χ2n) is 8.06. The predicted octanol–water partition coefficient (Wildman–Crippen LogP) is 7.49. The van der Waals surface area contributed by atoms with E-state index in [0.29, 0.717) is 34.9 Å². The zero-order chi connectivity index (χ0) is 26.0. The zero-order valence-corrected chi connectivity index (χ0v) is 22.1. The summed E-state index contributed by atoms with van der Waals surface area (Å²) in [6, 6.07) is 20.7. The maximum absolute atomic E-state index is 12.5. The fourth-order valence-corrected chi connectivity index (χ4v) is 4.22. The van der Waals surface area contributed by atoms with Crippen molar-refractivity contribution < 1.29 is 19.0 Å². The molecule has 0 aliphatic heterocycles. The largest absolute Gasteiger partial charge is 0.494 e. The van der Waals surface area contributed by atoms with Crippen LogP contribution >= 0.6 is 22.9 Å². The molecule has 4 rings (SSSR count). The first-order chi connectivity index (χ1) is 18.0. The van der Waals surface area contributed by atoms with Gasteiger partial charge in [0.1, 0.15) is 12.4 Å². The minimum Gasteiger partial charge on any atom is -0.494 e. The van der Waals surface area contributed by atoms with Crippen LogP contribution in [0.3, 0.4) is 0 Å². The van der Waals surface area contributed by atoms with Crippen molar-refractivity contribution in [1.82, 2.24) is 4.98 Å². The van der Waals surface area contributed by atoms with Crippen molar-refractivity contribution in [2.45, 2.75) is 20.0 Å². The van der Waals surface area contributed by atoms with Gasteiger partial charge in [0.2, 0.25) is 5.91 Å². The van der Waals surface area contributed by atoms with Gasteiger partial charge in [0.25, 0.3) is 0 Å². The third-order valence-corrected chi connectivity index (χ3v) is 6.29. The van der Waals surface area contributed by atoms with Crippen molar-refractivity contribution in [3.05, 3.63) is 94.3 Å². The fraction of sp³-hybridized carbons (Fsp3) is 0.172. The summed E-state index contributed by atoms with van der Waals surface area (Å²) in [6.45, 7) is 3.15. The molecule has 0 aliphatic carbocycles. The molecular formula is C29H27ClN2O4S. The number of thiazole rings is 1. The molecule has 0 bridgehead atoms. The number of rotatable bonds is 11. The first-order valence-electron chi connectivity index (χ1n) is 11.8. The molecule has 1 aromatic heterocycles. The van der Waals surface area contributed by atoms with Gasteiger partial charge in [-0.1, -0.05) is 36.7 Å². The van der Waals surface area contributed by atoms with Gasteiger partial charge in [-0.3, -0.25) is 10.1 Å².